The second-order valence-corrected chi connectivity index (χ2v) is 5.97. The number of hydrogen-bond donors (Lipinski definition) is 1. The number of likely N-dealkylation sites (tertiary alicyclic amines) is 2. The van der Waals surface area contributed by atoms with Gasteiger partial charge >= 0.3 is 0 Å². The summed E-state index contributed by atoms with van der Waals surface area (Å²) in [6.45, 7) is 7.63. The van der Waals surface area contributed by atoms with Gasteiger partial charge in [0.25, 0.3) is 0 Å². The lowest BCUT2D eigenvalue weighted by Gasteiger charge is -2.48. The molecular formula is C13H25N3O. The van der Waals surface area contributed by atoms with Crippen LogP contribution in [0.25, 0.3) is 0 Å². The maximum Gasteiger partial charge on any atom is 0.239 e. The highest BCUT2D eigenvalue weighted by molar-refractivity contribution is 5.81. The summed E-state index contributed by atoms with van der Waals surface area (Å²) in [5.41, 5.74) is 5.90. The minimum Gasteiger partial charge on any atom is -0.341 e. The minimum atomic E-state index is -0.0900. The number of hydrogen-bond acceptors (Lipinski definition) is 3. The van der Waals surface area contributed by atoms with Crippen molar-refractivity contribution in [2.45, 2.75) is 51.1 Å². The number of carbonyl (C=O) groups excluding carboxylic acids is 1. The highest BCUT2D eigenvalue weighted by atomic mass is 16.2. The molecule has 0 aromatic heterocycles. The smallest absolute Gasteiger partial charge is 0.239 e. The van der Waals surface area contributed by atoms with Crippen molar-refractivity contribution in [3.05, 3.63) is 0 Å². The zero-order chi connectivity index (χ0) is 12.5. The Labute approximate surface area is 104 Å². The number of amides is 1. The Morgan fingerprint density at radius 1 is 1.18 bits per heavy atom. The zero-order valence-corrected chi connectivity index (χ0v) is 11.1. The van der Waals surface area contributed by atoms with Crippen LogP contribution in [0.1, 0.15) is 39.5 Å². The van der Waals surface area contributed by atoms with Crippen LogP contribution in [0.15, 0.2) is 0 Å². The molecule has 1 unspecified atom stereocenters. The van der Waals surface area contributed by atoms with Gasteiger partial charge in [0.05, 0.1) is 6.04 Å². The fourth-order valence-corrected chi connectivity index (χ4v) is 2.87. The van der Waals surface area contributed by atoms with Gasteiger partial charge in [-0.2, -0.15) is 0 Å². The van der Waals surface area contributed by atoms with Gasteiger partial charge in [-0.25, -0.2) is 0 Å². The number of carbonyl (C=O) groups is 1. The molecule has 98 valence electrons. The van der Waals surface area contributed by atoms with E-state index in [-0.39, 0.29) is 11.6 Å². The summed E-state index contributed by atoms with van der Waals surface area (Å²) in [6, 6.07) is 0.00437. The maximum absolute atomic E-state index is 12.3. The topological polar surface area (TPSA) is 49.6 Å². The van der Waals surface area contributed by atoms with Crippen LogP contribution in [0.5, 0.6) is 0 Å². The highest BCUT2D eigenvalue weighted by Crippen LogP contribution is 2.21. The Balaban J connectivity index is 1.86. The quantitative estimate of drug-likeness (QED) is 0.776. The van der Waals surface area contributed by atoms with Gasteiger partial charge in [-0.1, -0.05) is 12.8 Å². The molecule has 2 fully saturated rings. The fraction of sp³-hybridized carbons (Fsp3) is 0.923. The van der Waals surface area contributed by atoms with Crippen molar-refractivity contribution >= 4 is 5.91 Å². The molecule has 1 atom stereocenters. The lowest BCUT2D eigenvalue weighted by Crippen LogP contribution is -2.69. The molecule has 2 heterocycles. The average molecular weight is 239 g/mol. The van der Waals surface area contributed by atoms with Crippen LogP contribution in [0.3, 0.4) is 0 Å². The van der Waals surface area contributed by atoms with Gasteiger partial charge in [-0.3, -0.25) is 9.69 Å². The second kappa shape index (κ2) is 4.94. The number of rotatable bonds is 2. The summed E-state index contributed by atoms with van der Waals surface area (Å²) in [6.07, 6.45) is 4.85. The summed E-state index contributed by atoms with van der Waals surface area (Å²) >= 11 is 0. The molecule has 0 spiro atoms. The molecule has 0 aromatic rings. The van der Waals surface area contributed by atoms with E-state index in [9.17, 15) is 4.79 Å². The number of nitrogens with zero attached hydrogens (tertiary/aromatic N) is 2. The van der Waals surface area contributed by atoms with Gasteiger partial charge in [0.15, 0.2) is 0 Å². The van der Waals surface area contributed by atoms with Gasteiger partial charge in [0, 0.05) is 31.7 Å². The summed E-state index contributed by atoms with van der Waals surface area (Å²) in [4.78, 5) is 16.6. The minimum absolute atomic E-state index is 0.00437. The lowest BCUT2D eigenvalue weighted by atomic mass is 9.92. The van der Waals surface area contributed by atoms with Crippen LogP contribution in [0, 0.1) is 0 Å². The van der Waals surface area contributed by atoms with E-state index >= 15 is 0 Å². The predicted octanol–water partition coefficient (Wildman–Crippen LogP) is 0.811. The third-order valence-electron chi connectivity index (χ3n) is 3.95. The highest BCUT2D eigenvalue weighted by Gasteiger charge is 2.40. The Morgan fingerprint density at radius 3 is 2.18 bits per heavy atom. The molecule has 17 heavy (non-hydrogen) atoms. The van der Waals surface area contributed by atoms with E-state index in [1.165, 1.54) is 12.8 Å². The average Bonchev–Trinajstić information content (AvgIpc) is 2.52. The van der Waals surface area contributed by atoms with Crippen LogP contribution in [-0.4, -0.2) is 53.5 Å². The molecule has 2 rings (SSSR count). The normalized spacial score (nSPS) is 27.1. The van der Waals surface area contributed by atoms with Crippen LogP contribution in [0.4, 0.5) is 0 Å². The van der Waals surface area contributed by atoms with E-state index in [0.29, 0.717) is 5.91 Å². The van der Waals surface area contributed by atoms with E-state index in [1.807, 2.05) is 18.7 Å². The molecule has 4 heteroatoms. The van der Waals surface area contributed by atoms with Gasteiger partial charge in [0.2, 0.25) is 5.91 Å². The monoisotopic (exact) mass is 239 g/mol. The first kappa shape index (κ1) is 12.8. The van der Waals surface area contributed by atoms with Crippen LogP contribution in [0.2, 0.25) is 0 Å². The van der Waals surface area contributed by atoms with Crippen molar-refractivity contribution < 1.29 is 4.79 Å². The second-order valence-electron chi connectivity index (χ2n) is 5.97. The van der Waals surface area contributed by atoms with Crippen LogP contribution < -0.4 is 5.73 Å². The molecule has 2 N–H and O–H groups in total. The van der Waals surface area contributed by atoms with E-state index in [0.717, 1.165) is 39.0 Å². The molecule has 0 aromatic carbocycles. The fourth-order valence-electron chi connectivity index (χ4n) is 2.87. The summed E-state index contributed by atoms with van der Waals surface area (Å²) < 4.78 is 0. The van der Waals surface area contributed by atoms with Gasteiger partial charge in [0.1, 0.15) is 0 Å². The van der Waals surface area contributed by atoms with Gasteiger partial charge < -0.3 is 10.6 Å². The summed E-state index contributed by atoms with van der Waals surface area (Å²) in [5.74, 6) is 0.294. The van der Waals surface area contributed by atoms with E-state index in [2.05, 4.69) is 4.90 Å². The van der Waals surface area contributed by atoms with Crippen molar-refractivity contribution in [1.82, 2.24) is 9.80 Å². The predicted molar refractivity (Wildman–Crippen MR) is 68.7 cm³/mol. The zero-order valence-electron chi connectivity index (χ0n) is 11.1. The first-order chi connectivity index (χ1) is 7.99. The standard InChI is InChI=1S/C13H25N3O/c1-11(16-9-13(2,14)10-16)12(17)15-7-5-3-4-6-8-15/h11H,3-10,14H2,1-2H3. The molecule has 4 nitrogen and oxygen atoms in total. The molecule has 1 amide bonds. The Morgan fingerprint density at radius 2 is 1.71 bits per heavy atom. The first-order valence-corrected chi connectivity index (χ1v) is 6.81. The van der Waals surface area contributed by atoms with Crippen molar-refractivity contribution in [3.8, 4) is 0 Å². The van der Waals surface area contributed by atoms with Crippen molar-refractivity contribution in [3.63, 3.8) is 0 Å². The molecule has 2 saturated heterocycles. The third-order valence-corrected chi connectivity index (χ3v) is 3.95. The third kappa shape index (κ3) is 2.99. The van der Waals surface area contributed by atoms with E-state index in [4.69, 9.17) is 5.73 Å². The van der Waals surface area contributed by atoms with E-state index < -0.39 is 0 Å². The molecule has 0 radical (unpaired) electrons. The summed E-state index contributed by atoms with van der Waals surface area (Å²) in [5, 5.41) is 0. The molecule has 2 aliphatic rings. The molecule has 0 aliphatic carbocycles. The first-order valence-electron chi connectivity index (χ1n) is 6.81. The van der Waals surface area contributed by atoms with Crippen molar-refractivity contribution in [1.29, 1.82) is 0 Å². The Hall–Kier alpha value is -0.610. The van der Waals surface area contributed by atoms with Crippen molar-refractivity contribution in [2.75, 3.05) is 26.2 Å². The molecule has 0 saturated carbocycles. The Bertz CT molecular complexity index is 274. The van der Waals surface area contributed by atoms with Gasteiger partial charge in [-0.05, 0) is 26.7 Å². The van der Waals surface area contributed by atoms with Crippen molar-refractivity contribution in [2.24, 2.45) is 5.73 Å². The number of nitrogens with two attached hydrogens (primary N) is 1. The van der Waals surface area contributed by atoms with Gasteiger partial charge in [-0.15, -0.1) is 0 Å². The van der Waals surface area contributed by atoms with Crippen LogP contribution >= 0.6 is 0 Å². The van der Waals surface area contributed by atoms with E-state index in [1.54, 1.807) is 0 Å². The largest absolute Gasteiger partial charge is 0.341 e. The maximum atomic E-state index is 12.3. The lowest BCUT2D eigenvalue weighted by molar-refractivity contribution is -0.139. The SMILES string of the molecule is CC(C(=O)N1CCCCCC1)N1CC(C)(N)C1. The van der Waals surface area contributed by atoms with Crippen LogP contribution in [-0.2, 0) is 4.79 Å². The molecule has 0 bridgehead atoms. The molecule has 2 aliphatic heterocycles. The Kier molecular flexibility index (Phi) is 3.73. The summed E-state index contributed by atoms with van der Waals surface area (Å²) in [7, 11) is 0. The molecular weight excluding hydrogens is 214 g/mol.